The molecule has 1 N–H and O–H groups in total. The average molecular weight is 411 g/mol. The summed E-state index contributed by atoms with van der Waals surface area (Å²) in [6.45, 7) is 6.46. The molecular formula is C14H18BrF3N4O2. The molecule has 134 valence electrons. The highest BCUT2D eigenvalue weighted by atomic mass is 79.9. The molecule has 0 aromatic carbocycles. The molecule has 24 heavy (non-hydrogen) atoms. The molecule has 1 amide bonds. The van der Waals surface area contributed by atoms with Gasteiger partial charge in [0.05, 0.1) is 22.6 Å². The number of hydrazone groups is 1. The lowest BCUT2D eigenvalue weighted by Gasteiger charge is -2.34. The van der Waals surface area contributed by atoms with Crippen LogP contribution >= 0.6 is 15.9 Å². The van der Waals surface area contributed by atoms with Crippen molar-refractivity contribution in [3.05, 3.63) is 15.9 Å². The zero-order valence-electron chi connectivity index (χ0n) is 13.6. The van der Waals surface area contributed by atoms with E-state index in [1.165, 1.54) is 13.8 Å². The Kier molecular flexibility index (Phi) is 4.84. The van der Waals surface area contributed by atoms with Crippen LogP contribution in [0.5, 0.6) is 0 Å². The number of rotatable bonds is 3. The molecule has 1 aliphatic heterocycles. The van der Waals surface area contributed by atoms with Crippen LogP contribution in [0.3, 0.4) is 0 Å². The Morgan fingerprint density at radius 3 is 2.46 bits per heavy atom. The van der Waals surface area contributed by atoms with E-state index in [0.717, 1.165) is 10.2 Å². The summed E-state index contributed by atoms with van der Waals surface area (Å²) in [5.41, 5.74) is -1.77. The van der Waals surface area contributed by atoms with Crippen LogP contribution in [0.4, 0.5) is 13.2 Å². The standard InChI is InChI=1S/C14H18BrF3N4O2/c1-7(6-21-10(4)11(15)9(3)20-21)12(23)22-13(24,14(16,17)18)5-8(2)19-22/h7,24H,5-6H2,1-4H3. The fourth-order valence-corrected chi connectivity index (χ4v) is 2.86. The molecule has 10 heteroatoms. The van der Waals surface area contributed by atoms with Crippen molar-refractivity contribution in [2.75, 3.05) is 0 Å². The van der Waals surface area contributed by atoms with E-state index in [2.05, 4.69) is 26.1 Å². The van der Waals surface area contributed by atoms with Crippen LogP contribution in [0.1, 0.15) is 31.7 Å². The maximum atomic E-state index is 13.2. The van der Waals surface area contributed by atoms with Crippen molar-refractivity contribution in [2.24, 2.45) is 11.0 Å². The second-order valence-corrected chi connectivity index (χ2v) is 6.84. The highest BCUT2D eigenvalue weighted by Gasteiger charge is 2.63. The Bertz CT molecular complexity index is 701. The van der Waals surface area contributed by atoms with Crippen molar-refractivity contribution in [1.82, 2.24) is 14.8 Å². The molecule has 2 atom stereocenters. The summed E-state index contributed by atoms with van der Waals surface area (Å²) in [4.78, 5) is 12.5. The van der Waals surface area contributed by atoms with Gasteiger partial charge >= 0.3 is 6.18 Å². The summed E-state index contributed by atoms with van der Waals surface area (Å²) in [7, 11) is 0. The lowest BCUT2D eigenvalue weighted by atomic mass is 10.0. The molecule has 0 radical (unpaired) electrons. The van der Waals surface area contributed by atoms with E-state index in [-0.39, 0.29) is 17.3 Å². The van der Waals surface area contributed by atoms with Gasteiger partial charge in [-0.15, -0.1) is 0 Å². The molecule has 2 heterocycles. The van der Waals surface area contributed by atoms with E-state index < -0.39 is 30.1 Å². The van der Waals surface area contributed by atoms with Gasteiger partial charge in [-0.2, -0.15) is 28.4 Å². The molecule has 0 fully saturated rings. The number of aliphatic hydroxyl groups is 1. The first kappa shape index (κ1) is 18.9. The third-order valence-electron chi connectivity index (χ3n) is 3.95. The Morgan fingerprint density at radius 2 is 2.00 bits per heavy atom. The summed E-state index contributed by atoms with van der Waals surface area (Å²) in [6.07, 6.45) is -5.74. The number of aryl methyl sites for hydroxylation is 1. The zero-order valence-corrected chi connectivity index (χ0v) is 15.2. The molecule has 1 aromatic heterocycles. The van der Waals surface area contributed by atoms with Crippen LogP contribution in [0.25, 0.3) is 0 Å². The lowest BCUT2D eigenvalue weighted by molar-refractivity contribution is -0.303. The number of nitrogens with zero attached hydrogens (tertiary/aromatic N) is 4. The first-order chi connectivity index (χ1) is 10.9. The van der Waals surface area contributed by atoms with Gasteiger partial charge in [-0.3, -0.25) is 9.48 Å². The van der Waals surface area contributed by atoms with Crippen LogP contribution in [-0.4, -0.2) is 43.4 Å². The van der Waals surface area contributed by atoms with Gasteiger partial charge in [0.15, 0.2) is 0 Å². The third-order valence-corrected chi connectivity index (χ3v) is 5.10. The van der Waals surface area contributed by atoms with E-state index >= 15 is 0 Å². The van der Waals surface area contributed by atoms with E-state index in [1.807, 2.05) is 0 Å². The number of amides is 1. The van der Waals surface area contributed by atoms with E-state index in [4.69, 9.17) is 0 Å². The van der Waals surface area contributed by atoms with Gasteiger partial charge in [0, 0.05) is 17.8 Å². The minimum absolute atomic E-state index is 0.0456. The van der Waals surface area contributed by atoms with Gasteiger partial charge in [-0.25, -0.2) is 0 Å². The molecule has 2 rings (SSSR count). The SMILES string of the molecule is CC1=NN(C(=O)C(C)Cn2nc(C)c(Br)c2C)C(O)(C(F)(F)F)C1. The van der Waals surface area contributed by atoms with Crippen molar-refractivity contribution < 1.29 is 23.1 Å². The Labute approximate surface area is 145 Å². The summed E-state index contributed by atoms with van der Waals surface area (Å²) in [6, 6.07) is 0. The van der Waals surface area contributed by atoms with Gasteiger partial charge < -0.3 is 5.11 Å². The molecule has 0 saturated carbocycles. The van der Waals surface area contributed by atoms with Gasteiger partial charge in [-0.1, -0.05) is 6.92 Å². The topological polar surface area (TPSA) is 70.7 Å². The average Bonchev–Trinajstić information content (AvgIpc) is 2.90. The van der Waals surface area contributed by atoms with Crippen molar-refractivity contribution in [2.45, 2.75) is 52.6 Å². The van der Waals surface area contributed by atoms with Crippen LogP contribution < -0.4 is 0 Å². The van der Waals surface area contributed by atoms with E-state index in [0.29, 0.717) is 5.69 Å². The molecule has 2 unspecified atom stereocenters. The highest BCUT2D eigenvalue weighted by Crippen LogP contribution is 2.40. The second kappa shape index (κ2) is 6.14. The Morgan fingerprint density at radius 1 is 1.42 bits per heavy atom. The second-order valence-electron chi connectivity index (χ2n) is 6.04. The molecule has 1 aromatic rings. The molecular weight excluding hydrogens is 393 g/mol. The number of halogens is 4. The van der Waals surface area contributed by atoms with E-state index in [1.54, 1.807) is 18.5 Å². The maximum Gasteiger partial charge on any atom is 0.438 e. The Balaban J connectivity index is 2.25. The molecule has 0 saturated heterocycles. The van der Waals surface area contributed by atoms with Crippen LogP contribution in [0.15, 0.2) is 9.57 Å². The van der Waals surface area contributed by atoms with Crippen molar-refractivity contribution in [3.63, 3.8) is 0 Å². The number of hydrogen-bond donors (Lipinski definition) is 1. The van der Waals surface area contributed by atoms with Gasteiger partial charge in [0.25, 0.3) is 5.72 Å². The minimum atomic E-state index is -5.00. The summed E-state index contributed by atoms with van der Waals surface area (Å²) in [5.74, 6) is -1.76. The van der Waals surface area contributed by atoms with Crippen molar-refractivity contribution in [3.8, 4) is 0 Å². The number of hydrogen-bond acceptors (Lipinski definition) is 4. The number of carbonyl (C=O) groups excluding carboxylic acids is 1. The predicted octanol–water partition coefficient (Wildman–Crippen LogP) is 2.76. The fraction of sp³-hybridized carbons (Fsp3) is 0.643. The monoisotopic (exact) mass is 410 g/mol. The van der Waals surface area contributed by atoms with Gasteiger partial charge in [0.2, 0.25) is 5.91 Å². The van der Waals surface area contributed by atoms with Crippen LogP contribution in [-0.2, 0) is 11.3 Å². The van der Waals surface area contributed by atoms with Crippen LogP contribution in [0.2, 0.25) is 0 Å². The number of aromatic nitrogens is 2. The largest absolute Gasteiger partial charge is 0.438 e. The first-order valence-corrected chi connectivity index (χ1v) is 8.04. The number of carbonyl (C=O) groups is 1. The van der Waals surface area contributed by atoms with Gasteiger partial charge in [-0.05, 0) is 36.7 Å². The smallest absolute Gasteiger partial charge is 0.362 e. The quantitative estimate of drug-likeness (QED) is 0.832. The summed E-state index contributed by atoms with van der Waals surface area (Å²) >= 11 is 3.36. The minimum Gasteiger partial charge on any atom is -0.362 e. The first-order valence-electron chi connectivity index (χ1n) is 7.25. The van der Waals surface area contributed by atoms with Crippen LogP contribution in [0, 0.1) is 19.8 Å². The van der Waals surface area contributed by atoms with Crippen molar-refractivity contribution >= 4 is 27.5 Å². The normalized spacial score (nSPS) is 22.7. The maximum absolute atomic E-state index is 13.2. The Hall–Kier alpha value is -1.42. The fourth-order valence-electron chi connectivity index (χ4n) is 2.57. The summed E-state index contributed by atoms with van der Waals surface area (Å²) in [5, 5.41) is 18.0. The van der Waals surface area contributed by atoms with Gasteiger partial charge in [0.1, 0.15) is 0 Å². The zero-order chi connectivity index (χ0) is 18.4. The van der Waals surface area contributed by atoms with Crippen molar-refractivity contribution in [1.29, 1.82) is 0 Å². The number of alkyl halides is 3. The molecule has 0 bridgehead atoms. The predicted molar refractivity (Wildman–Crippen MR) is 84.1 cm³/mol. The highest BCUT2D eigenvalue weighted by molar-refractivity contribution is 9.10. The third kappa shape index (κ3) is 3.08. The molecule has 0 spiro atoms. The molecule has 6 nitrogen and oxygen atoms in total. The lowest BCUT2D eigenvalue weighted by Crippen LogP contribution is -2.57. The summed E-state index contributed by atoms with van der Waals surface area (Å²) < 4.78 is 41.9. The molecule has 0 aliphatic carbocycles. The van der Waals surface area contributed by atoms with E-state index in [9.17, 15) is 23.1 Å². The molecule has 1 aliphatic rings.